The van der Waals surface area contributed by atoms with E-state index in [9.17, 15) is 10.1 Å². The van der Waals surface area contributed by atoms with Crippen LogP contribution in [0, 0.1) is 10.1 Å². The molecule has 0 bridgehead atoms. The summed E-state index contributed by atoms with van der Waals surface area (Å²) in [5.41, 5.74) is 7.54. The van der Waals surface area contributed by atoms with Crippen LogP contribution in [0.4, 0.5) is 11.4 Å². The van der Waals surface area contributed by atoms with E-state index in [1.807, 2.05) is 13.0 Å². The predicted molar refractivity (Wildman–Crippen MR) is 97.6 cm³/mol. The monoisotopic (exact) mass is 357 g/mol. The molecular formula is C18H19N3O5. The first-order chi connectivity index (χ1) is 12.5. The number of ether oxygens (including phenoxy) is 2. The van der Waals surface area contributed by atoms with Gasteiger partial charge in [0.1, 0.15) is 22.8 Å². The molecule has 0 aliphatic rings. The summed E-state index contributed by atoms with van der Waals surface area (Å²) in [7, 11) is 3.18. The molecule has 2 aromatic carbocycles. The van der Waals surface area contributed by atoms with Gasteiger partial charge in [-0.25, -0.2) is 5.43 Å². The van der Waals surface area contributed by atoms with Gasteiger partial charge >= 0.3 is 0 Å². The minimum atomic E-state index is -0.435. The number of nitrogens with one attached hydrogen (secondary N) is 2. The van der Waals surface area contributed by atoms with Crippen LogP contribution in [-0.2, 0) is 0 Å². The Kier molecular flexibility index (Phi) is 4.94. The topological polar surface area (TPSA) is 98.8 Å². The molecule has 0 aliphatic carbocycles. The van der Waals surface area contributed by atoms with Gasteiger partial charge in [0.15, 0.2) is 0 Å². The van der Waals surface area contributed by atoms with Crippen LogP contribution in [0.2, 0.25) is 0 Å². The summed E-state index contributed by atoms with van der Waals surface area (Å²) in [5.74, 6) is 2.03. The minimum absolute atomic E-state index is 0.0434. The maximum absolute atomic E-state index is 10.7. The second-order valence-electron chi connectivity index (χ2n) is 5.69. The lowest BCUT2D eigenvalue weighted by atomic mass is 10.2. The van der Waals surface area contributed by atoms with Crippen molar-refractivity contribution in [3.63, 3.8) is 0 Å². The highest BCUT2D eigenvalue weighted by Crippen LogP contribution is 2.35. The molecule has 0 spiro atoms. The van der Waals surface area contributed by atoms with Crippen molar-refractivity contribution in [1.29, 1.82) is 0 Å². The third-order valence-corrected chi connectivity index (χ3v) is 3.99. The van der Waals surface area contributed by atoms with Crippen molar-refractivity contribution in [2.24, 2.45) is 0 Å². The fraction of sp³-hybridized carbons (Fsp3) is 0.222. The number of benzene rings is 2. The highest BCUT2D eigenvalue weighted by molar-refractivity contribution is 5.86. The van der Waals surface area contributed by atoms with E-state index in [4.69, 9.17) is 13.9 Å². The Morgan fingerprint density at radius 3 is 2.46 bits per heavy atom. The van der Waals surface area contributed by atoms with E-state index < -0.39 is 4.92 Å². The maximum Gasteiger partial charge on any atom is 0.269 e. The van der Waals surface area contributed by atoms with Crippen molar-refractivity contribution in [3.8, 4) is 11.5 Å². The van der Waals surface area contributed by atoms with E-state index in [0.717, 1.165) is 5.39 Å². The number of nitro groups is 1. The summed E-state index contributed by atoms with van der Waals surface area (Å²) >= 11 is 0. The highest BCUT2D eigenvalue weighted by Gasteiger charge is 2.15. The van der Waals surface area contributed by atoms with Crippen LogP contribution in [0.15, 0.2) is 46.9 Å². The lowest BCUT2D eigenvalue weighted by Gasteiger charge is -2.13. The van der Waals surface area contributed by atoms with Crippen LogP contribution in [0.1, 0.15) is 18.7 Å². The number of nitro benzene ring substituents is 1. The summed E-state index contributed by atoms with van der Waals surface area (Å²) in [6.07, 6.45) is 0. The number of non-ortho nitro benzene ring substituents is 1. The van der Waals surface area contributed by atoms with Crippen molar-refractivity contribution in [2.75, 3.05) is 19.6 Å². The van der Waals surface area contributed by atoms with Gasteiger partial charge in [0.2, 0.25) is 0 Å². The maximum atomic E-state index is 10.7. The molecule has 0 radical (unpaired) electrons. The molecule has 8 heteroatoms. The van der Waals surface area contributed by atoms with Gasteiger partial charge < -0.3 is 19.3 Å². The standard InChI is InChI=1S/C18H19N3O5/c1-11(19-20-12-4-6-13(7-5-12)21(22)23)16-10-15-17(25-3)8-14(24-2)9-18(15)26-16/h4-11,19-20H,1-3H3. The van der Waals surface area contributed by atoms with Crippen LogP contribution in [0.5, 0.6) is 11.5 Å². The minimum Gasteiger partial charge on any atom is -0.496 e. The normalized spacial score (nSPS) is 12.0. The average Bonchev–Trinajstić information content (AvgIpc) is 3.09. The van der Waals surface area contributed by atoms with Crippen molar-refractivity contribution in [3.05, 3.63) is 58.3 Å². The summed E-state index contributed by atoms with van der Waals surface area (Å²) in [5, 5.41) is 11.5. The molecule has 3 rings (SSSR count). The van der Waals surface area contributed by atoms with Crippen LogP contribution in [-0.4, -0.2) is 19.1 Å². The number of furan rings is 1. The molecule has 1 aromatic heterocycles. The van der Waals surface area contributed by atoms with Gasteiger partial charge in [-0.15, -0.1) is 0 Å². The van der Waals surface area contributed by atoms with E-state index in [-0.39, 0.29) is 11.7 Å². The molecule has 1 atom stereocenters. The SMILES string of the molecule is COc1cc(OC)c2cc(C(C)NNc3ccc([N+](=O)[O-])cc3)oc2c1. The van der Waals surface area contributed by atoms with Crippen LogP contribution >= 0.6 is 0 Å². The van der Waals surface area contributed by atoms with Gasteiger partial charge in [-0.05, 0) is 25.1 Å². The smallest absolute Gasteiger partial charge is 0.269 e. The van der Waals surface area contributed by atoms with E-state index in [1.54, 1.807) is 38.5 Å². The molecule has 0 fully saturated rings. The molecule has 1 unspecified atom stereocenters. The zero-order valence-electron chi connectivity index (χ0n) is 14.6. The van der Waals surface area contributed by atoms with E-state index in [2.05, 4.69) is 10.9 Å². The number of methoxy groups -OCH3 is 2. The third-order valence-electron chi connectivity index (χ3n) is 3.99. The second-order valence-corrected chi connectivity index (χ2v) is 5.69. The van der Waals surface area contributed by atoms with E-state index >= 15 is 0 Å². The zero-order chi connectivity index (χ0) is 18.7. The quantitative estimate of drug-likeness (QED) is 0.486. The molecule has 0 saturated heterocycles. The number of hydrazine groups is 1. The lowest BCUT2D eigenvalue weighted by Crippen LogP contribution is -2.24. The first kappa shape index (κ1) is 17.6. The van der Waals surface area contributed by atoms with Crippen molar-refractivity contribution < 1.29 is 18.8 Å². The largest absolute Gasteiger partial charge is 0.496 e. The average molecular weight is 357 g/mol. The molecule has 136 valence electrons. The van der Waals surface area contributed by atoms with Crippen LogP contribution in [0.3, 0.4) is 0 Å². The molecule has 0 aliphatic heterocycles. The number of rotatable bonds is 7. The number of anilines is 1. The van der Waals surface area contributed by atoms with Gasteiger partial charge in [-0.1, -0.05) is 0 Å². The summed E-state index contributed by atoms with van der Waals surface area (Å²) in [6.45, 7) is 1.93. The number of nitrogens with zero attached hydrogens (tertiary/aromatic N) is 1. The number of hydrogen-bond donors (Lipinski definition) is 2. The van der Waals surface area contributed by atoms with Gasteiger partial charge in [0.25, 0.3) is 5.69 Å². The summed E-state index contributed by atoms with van der Waals surface area (Å²) < 4.78 is 16.5. The first-order valence-electron chi connectivity index (χ1n) is 7.93. The van der Waals surface area contributed by atoms with Gasteiger partial charge in [-0.3, -0.25) is 10.1 Å². The molecule has 26 heavy (non-hydrogen) atoms. The fourth-order valence-corrected chi connectivity index (χ4v) is 2.53. The molecule has 0 amide bonds. The van der Waals surface area contributed by atoms with Crippen molar-refractivity contribution in [2.45, 2.75) is 13.0 Å². The second kappa shape index (κ2) is 7.32. The van der Waals surface area contributed by atoms with Crippen molar-refractivity contribution >= 4 is 22.3 Å². The highest BCUT2D eigenvalue weighted by atomic mass is 16.6. The van der Waals surface area contributed by atoms with Gasteiger partial charge in [-0.2, -0.15) is 0 Å². The molecule has 3 aromatic rings. The van der Waals surface area contributed by atoms with Crippen molar-refractivity contribution in [1.82, 2.24) is 5.43 Å². The lowest BCUT2D eigenvalue weighted by molar-refractivity contribution is -0.384. The molecule has 8 nitrogen and oxygen atoms in total. The predicted octanol–water partition coefficient (Wildman–Crippen LogP) is 4.04. The van der Waals surface area contributed by atoms with Crippen LogP contribution < -0.4 is 20.3 Å². The Morgan fingerprint density at radius 2 is 1.85 bits per heavy atom. The molecule has 0 saturated carbocycles. The Labute approximate surface area is 149 Å². The van der Waals surface area contributed by atoms with Gasteiger partial charge in [0.05, 0.1) is 30.6 Å². The fourth-order valence-electron chi connectivity index (χ4n) is 2.53. The molecule has 2 N–H and O–H groups in total. The van der Waals surface area contributed by atoms with E-state index in [0.29, 0.717) is 28.5 Å². The molecule has 1 heterocycles. The summed E-state index contributed by atoms with van der Waals surface area (Å²) in [4.78, 5) is 10.2. The summed E-state index contributed by atoms with van der Waals surface area (Å²) in [6, 6.07) is 11.5. The number of hydrogen-bond acceptors (Lipinski definition) is 7. The first-order valence-corrected chi connectivity index (χ1v) is 7.93. The Bertz CT molecular complexity index is 920. The Hall–Kier alpha value is -3.26. The van der Waals surface area contributed by atoms with Gasteiger partial charge in [0, 0.05) is 30.0 Å². The zero-order valence-corrected chi connectivity index (χ0v) is 14.6. The van der Waals surface area contributed by atoms with E-state index in [1.165, 1.54) is 12.1 Å². The Balaban J connectivity index is 1.75. The Morgan fingerprint density at radius 1 is 1.12 bits per heavy atom. The van der Waals surface area contributed by atoms with Crippen LogP contribution in [0.25, 0.3) is 11.0 Å². The number of fused-ring (bicyclic) bond motifs is 1. The third kappa shape index (κ3) is 3.55. The molecular weight excluding hydrogens is 338 g/mol.